The zero-order valence-corrected chi connectivity index (χ0v) is 11.5. The van der Waals surface area contributed by atoms with Crippen molar-refractivity contribution in [3.8, 4) is 0 Å². The minimum Gasteiger partial charge on any atom is -0.326 e. The largest absolute Gasteiger partial charge is 0.326 e. The number of nitrogens with zero attached hydrogens (tertiary/aromatic N) is 2. The molecule has 2 atom stereocenters. The van der Waals surface area contributed by atoms with Gasteiger partial charge in [-0.1, -0.05) is 24.3 Å². The Morgan fingerprint density at radius 2 is 2.15 bits per heavy atom. The normalized spacial score (nSPS) is 36.5. The maximum Gasteiger partial charge on any atom is 0.256 e. The van der Waals surface area contributed by atoms with E-state index in [1.54, 1.807) is 0 Å². The first-order valence-corrected chi connectivity index (χ1v) is 7.38. The Labute approximate surface area is 118 Å². The van der Waals surface area contributed by atoms with Crippen LogP contribution in [0.15, 0.2) is 35.3 Å². The van der Waals surface area contributed by atoms with E-state index in [0.717, 1.165) is 31.5 Å². The van der Waals surface area contributed by atoms with Gasteiger partial charge in [-0.3, -0.25) is 9.79 Å². The number of rotatable bonds is 0. The topological polar surface area (TPSA) is 32.7 Å². The number of hydrogen-bond acceptors (Lipinski definition) is 2. The van der Waals surface area contributed by atoms with Crippen LogP contribution >= 0.6 is 0 Å². The lowest BCUT2D eigenvalue weighted by Gasteiger charge is -2.50. The SMILES string of the molecule is CC1=NC23Cc4ccccc4C2=CC12CCCN2C3=O. The van der Waals surface area contributed by atoms with Crippen molar-refractivity contribution in [2.24, 2.45) is 4.99 Å². The number of fused-ring (bicyclic) bond motifs is 1. The molecule has 1 saturated heterocycles. The van der Waals surface area contributed by atoms with Gasteiger partial charge >= 0.3 is 0 Å². The van der Waals surface area contributed by atoms with Crippen molar-refractivity contribution in [3.63, 3.8) is 0 Å². The molecule has 4 heterocycles. The number of dihydropyridines is 1. The third kappa shape index (κ3) is 0.922. The first-order valence-electron chi connectivity index (χ1n) is 7.38. The molecule has 0 saturated carbocycles. The summed E-state index contributed by atoms with van der Waals surface area (Å²) in [7, 11) is 0. The molecule has 3 nitrogen and oxygen atoms in total. The van der Waals surface area contributed by atoms with Crippen LogP contribution in [0.25, 0.3) is 5.57 Å². The molecule has 1 aliphatic carbocycles. The predicted molar refractivity (Wildman–Crippen MR) is 77.6 cm³/mol. The third-order valence-corrected chi connectivity index (χ3v) is 5.59. The van der Waals surface area contributed by atoms with E-state index < -0.39 is 5.54 Å². The Bertz CT molecular complexity index is 732. The monoisotopic (exact) mass is 264 g/mol. The van der Waals surface area contributed by atoms with Gasteiger partial charge < -0.3 is 4.90 Å². The van der Waals surface area contributed by atoms with Crippen molar-refractivity contribution in [1.82, 2.24) is 4.90 Å². The standard InChI is InChI=1S/C17H16N2O/c1-11-16-7-4-8-19(16)15(20)17(18-11)9-12-5-2-3-6-13(12)14(17)10-16/h2-3,5-6,10H,4,7-9H2,1H3. The Hall–Kier alpha value is -1.90. The molecular formula is C17H16N2O. The Morgan fingerprint density at radius 1 is 1.30 bits per heavy atom. The number of carbonyl (C=O) groups is 1. The van der Waals surface area contributed by atoms with Gasteiger partial charge in [0.2, 0.25) is 0 Å². The van der Waals surface area contributed by atoms with Gasteiger partial charge in [-0.2, -0.15) is 0 Å². The molecule has 3 heteroatoms. The van der Waals surface area contributed by atoms with Gasteiger partial charge in [0.25, 0.3) is 5.91 Å². The first-order chi connectivity index (χ1) is 9.67. The van der Waals surface area contributed by atoms with Crippen LogP contribution in [0.1, 0.15) is 30.9 Å². The average Bonchev–Trinajstić information content (AvgIpc) is 3.00. The fourth-order valence-corrected chi connectivity index (χ4v) is 4.67. The molecule has 2 spiro atoms. The zero-order chi connectivity index (χ0) is 13.5. The molecule has 6 rings (SSSR count). The Balaban J connectivity index is 1.85. The van der Waals surface area contributed by atoms with E-state index >= 15 is 0 Å². The maximum absolute atomic E-state index is 13.1. The summed E-state index contributed by atoms with van der Waals surface area (Å²) < 4.78 is 0. The summed E-state index contributed by atoms with van der Waals surface area (Å²) in [6.45, 7) is 2.98. The van der Waals surface area contributed by atoms with E-state index in [1.807, 2.05) is 0 Å². The highest BCUT2D eigenvalue weighted by Gasteiger charge is 2.63. The van der Waals surface area contributed by atoms with E-state index in [2.05, 4.69) is 42.2 Å². The number of carbonyl (C=O) groups excluding carboxylic acids is 1. The number of benzene rings is 1. The number of hydrogen-bond donors (Lipinski definition) is 0. The molecular weight excluding hydrogens is 248 g/mol. The smallest absolute Gasteiger partial charge is 0.256 e. The van der Waals surface area contributed by atoms with Crippen LogP contribution in [0.2, 0.25) is 0 Å². The van der Waals surface area contributed by atoms with Gasteiger partial charge in [0.15, 0.2) is 5.54 Å². The molecule has 1 fully saturated rings. The van der Waals surface area contributed by atoms with Gasteiger partial charge in [0.05, 0.1) is 5.54 Å². The van der Waals surface area contributed by atoms with E-state index in [4.69, 9.17) is 4.99 Å². The molecule has 0 N–H and O–H groups in total. The second kappa shape index (κ2) is 3.05. The van der Waals surface area contributed by atoms with Gasteiger partial charge in [-0.05, 0) is 42.5 Å². The van der Waals surface area contributed by atoms with Crippen LogP contribution in [-0.2, 0) is 11.2 Å². The predicted octanol–water partition coefficient (Wildman–Crippen LogP) is 2.21. The van der Waals surface area contributed by atoms with Crippen molar-refractivity contribution < 1.29 is 4.79 Å². The lowest BCUT2D eigenvalue weighted by molar-refractivity contribution is -0.137. The summed E-state index contributed by atoms with van der Waals surface area (Å²) in [5, 5.41) is 0. The van der Waals surface area contributed by atoms with E-state index in [9.17, 15) is 4.79 Å². The summed E-state index contributed by atoms with van der Waals surface area (Å²) >= 11 is 0. The highest BCUT2D eigenvalue weighted by Crippen LogP contribution is 2.55. The highest BCUT2D eigenvalue weighted by molar-refractivity contribution is 6.17. The van der Waals surface area contributed by atoms with Gasteiger partial charge in [-0.25, -0.2) is 0 Å². The molecule has 1 aromatic rings. The van der Waals surface area contributed by atoms with Crippen LogP contribution in [0.3, 0.4) is 0 Å². The maximum atomic E-state index is 13.1. The van der Waals surface area contributed by atoms with Crippen LogP contribution in [-0.4, -0.2) is 34.1 Å². The second-order valence-electron chi connectivity index (χ2n) is 6.43. The lowest BCUT2D eigenvalue weighted by atomic mass is 9.73. The van der Waals surface area contributed by atoms with Gasteiger partial charge in [0, 0.05) is 18.7 Å². The molecule has 1 aromatic carbocycles. The van der Waals surface area contributed by atoms with Crippen LogP contribution in [0.5, 0.6) is 0 Å². The summed E-state index contributed by atoms with van der Waals surface area (Å²) in [5.41, 5.74) is 3.95. The van der Waals surface area contributed by atoms with Gasteiger partial charge in [0.1, 0.15) is 0 Å². The van der Waals surface area contributed by atoms with Crippen molar-refractivity contribution >= 4 is 17.2 Å². The summed E-state index contributed by atoms with van der Waals surface area (Å²) in [6, 6.07) is 8.40. The van der Waals surface area contributed by atoms with Crippen LogP contribution < -0.4 is 0 Å². The van der Waals surface area contributed by atoms with Crippen molar-refractivity contribution in [2.75, 3.05) is 6.54 Å². The molecule has 20 heavy (non-hydrogen) atoms. The quantitative estimate of drug-likeness (QED) is 0.707. The fraction of sp³-hybridized carbons (Fsp3) is 0.412. The van der Waals surface area contributed by atoms with Crippen molar-refractivity contribution in [2.45, 2.75) is 37.3 Å². The van der Waals surface area contributed by atoms with E-state index in [1.165, 1.54) is 16.7 Å². The third-order valence-electron chi connectivity index (χ3n) is 5.59. The second-order valence-corrected chi connectivity index (χ2v) is 6.43. The summed E-state index contributed by atoms with van der Waals surface area (Å²) in [6.07, 6.45) is 5.20. The molecule has 0 aromatic heterocycles. The van der Waals surface area contributed by atoms with Crippen LogP contribution in [0, 0.1) is 0 Å². The zero-order valence-electron chi connectivity index (χ0n) is 11.5. The molecule has 0 radical (unpaired) electrons. The molecule has 4 aliphatic heterocycles. The minimum absolute atomic E-state index is 0.217. The molecule has 2 bridgehead atoms. The number of amides is 1. The van der Waals surface area contributed by atoms with Gasteiger partial charge in [-0.15, -0.1) is 0 Å². The van der Waals surface area contributed by atoms with Crippen molar-refractivity contribution in [3.05, 3.63) is 41.5 Å². The fourth-order valence-electron chi connectivity index (χ4n) is 4.67. The molecule has 2 unspecified atom stereocenters. The minimum atomic E-state index is -0.639. The van der Waals surface area contributed by atoms with Crippen molar-refractivity contribution in [1.29, 1.82) is 0 Å². The molecule has 1 amide bonds. The Kier molecular flexibility index (Phi) is 1.65. The summed E-state index contributed by atoms with van der Waals surface area (Å²) in [5.74, 6) is 0.231. The number of aliphatic imine (C=N–C) groups is 1. The lowest BCUT2D eigenvalue weighted by Crippen LogP contribution is -2.65. The van der Waals surface area contributed by atoms with E-state index in [-0.39, 0.29) is 11.4 Å². The molecule has 100 valence electrons. The first kappa shape index (κ1) is 10.8. The van der Waals surface area contributed by atoms with Crippen LogP contribution in [0.4, 0.5) is 0 Å². The average molecular weight is 264 g/mol. The highest BCUT2D eigenvalue weighted by atomic mass is 16.2. The van der Waals surface area contributed by atoms with E-state index in [0.29, 0.717) is 0 Å². The summed E-state index contributed by atoms with van der Waals surface area (Å²) in [4.78, 5) is 20.1. The molecule has 5 aliphatic rings. The Morgan fingerprint density at radius 3 is 3.05 bits per heavy atom.